The number of thioether (sulfide) groups is 1. The van der Waals surface area contributed by atoms with Gasteiger partial charge in [-0.05, 0) is 37.1 Å². The Morgan fingerprint density at radius 1 is 1.25 bits per heavy atom. The van der Waals surface area contributed by atoms with Gasteiger partial charge in [-0.1, -0.05) is 18.3 Å². The van der Waals surface area contributed by atoms with Crippen molar-refractivity contribution in [3.63, 3.8) is 0 Å². The lowest BCUT2D eigenvalue weighted by atomic mass is 10.2. The summed E-state index contributed by atoms with van der Waals surface area (Å²) in [6, 6.07) is 7.73. The summed E-state index contributed by atoms with van der Waals surface area (Å²) >= 11 is 1.25. The summed E-state index contributed by atoms with van der Waals surface area (Å²) < 4.78 is 36.2. The zero-order valence-corrected chi connectivity index (χ0v) is 17.6. The number of carbonyl (C=O) groups excluding carboxylic acids is 1. The summed E-state index contributed by atoms with van der Waals surface area (Å²) in [6.45, 7) is 5.44. The molecule has 1 aromatic carbocycles. The summed E-state index contributed by atoms with van der Waals surface area (Å²) in [4.78, 5) is 25.3. The van der Waals surface area contributed by atoms with Crippen molar-refractivity contribution in [3.05, 3.63) is 54.2 Å². The SMILES string of the molecule is C=C1S/C(=N\C(=O)N2CCCC2)N(c2ccc3c(c2)OC(F)(F)O3)C1Nc1cccnc1. The minimum absolute atomic E-state index is 0.0622. The molecule has 1 N–H and O–H groups in total. The Bertz CT molecular complexity index is 1090. The van der Waals surface area contributed by atoms with Gasteiger partial charge < -0.3 is 19.7 Å². The van der Waals surface area contributed by atoms with Crippen molar-refractivity contribution in [2.75, 3.05) is 23.3 Å². The fourth-order valence-corrected chi connectivity index (χ4v) is 4.66. The van der Waals surface area contributed by atoms with E-state index in [1.807, 2.05) is 6.07 Å². The maximum atomic E-state index is 13.5. The summed E-state index contributed by atoms with van der Waals surface area (Å²) in [5.74, 6) is -0.159. The molecule has 2 amide bonds. The maximum absolute atomic E-state index is 13.5. The van der Waals surface area contributed by atoms with Gasteiger partial charge in [0.25, 0.3) is 0 Å². The van der Waals surface area contributed by atoms with Gasteiger partial charge in [-0.3, -0.25) is 9.88 Å². The smallest absolute Gasteiger partial charge is 0.395 e. The Kier molecular flexibility index (Phi) is 5.12. The number of nitrogens with one attached hydrogen (secondary N) is 1. The van der Waals surface area contributed by atoms with E-state index in [0.717, 1.165) is 18.5 Å². The standard InChI is InChI=1S/C21H19F2N5O3S/c1-13-18(25-14-5-4-8-24-12-14)28(20(32-13)26-19(29)27-9-2-3-10-27)15-6-7-16-17(11-15)31-21(22,23)30-16/h4-8,11-12,18,25H,1-3,9-10H2/b26-20-. The Balaban J connectivity index is 1.51. The third-order valence-electron chi connectivity index (χ3n) is 5.19. The third-order valence-corrected chi connectivity index (χ3v) is 6.14. The van der Waals surface area contributed by atoms with Crippen molar-refractivity contribution < 1.29 is 23.0 Å². The highest BCUT2D eigenvalue weighted by atomic mass is 32.2. The first-order valence-electron chi connectivity index (χ1n) is 9.99. The summed E-state index contributed by atoms with van der Waals surface area (Å²) in [5.41, 5.74) is 1.22. The minimum atomic E-state index is -3.72. The molecule has 1 aromatic heterocycles. The Hall–Kier alpha value is -3.34. The molecule has 3 aliphatic rings. The van der Waals surface area contributed by atoms with Gasteiger partial charge >= 0.3 is 12.3 Å². The van der Waals surface area contributed by atoms with Crippen LogP contribution in [0.2, 0.25) is 0 Å². The second kappa shape index (κ2) is 7.97. The predicted molar refractivity (Wildman–Crippen MR) is 117 cm³/mol. The highest BCUT2D eigenvalue weighted by Gasteiger charge is 2.44. The second-order valence-corrected chi connectivity index (χ2v) is 8.49. The van der Waals surface area contributed by atoms with Crippen molar-refractivity contribution in [2.45, 2.75) is 25.3 Å². The van der Waals surface area contributed by atoms with Gasteiger partial charge in [-0.2, -0.15) is 4.99 Å². The number of amides is 2. The molecule has 0 aliphatic carbocycles. The molecule has 0 saturated carbocycles. The van der Waals surface area contributed by atoms with Crippen LogP contribution in [0.5, 0.6) is 11.5 Å². The first-order valence-corrected chi connectivity index (χ1v) is 10.8. The first kappa shape index (κ1) is 20.6. The maximum Gasteiger partial charge on any atom is 0.586 e. The number of urea groups is 1. The molecule has 2 fully saturated rings. The van der Waals surface area contributed by atoms with Gasteiger partial charge in [0.15, 0.2) is 16.7 Å². The van der Waals surface area contributed by atoms with Crippen LogP contribution in [0.4, 0.5) is 25.0 Å². The molecule has 8 nitrogen and oxygen atoms in total. The van der Waals surface area contributed by atoms with Crippen LogP contribution in [0.25, 0.3) is 0 Å². The lowest BCUT2D eigenvalue weighted by molar-refractivity contribution is -0.286. The number of amidine groups is 1. The number of carbonyl (C=O) groups is 1. The number of rotatable bonds is 3. The Morgan fingerprint density at radius 2 is 2.03 bits per heavy atom. The number of nitrogens with zero attached hydrogens (tertiary/aromatic N) is 4. The number of aromatic nitrogens is 1. The van der Waals surface area contributed by atoms with Gasteiger partial charge in [0.05, 0.1) is 5.69 Å². The number of ether oxygens (including phenoxy) is 2. The lowest BCUT2D eigenvalue weighted by Crippen LogP contribution is -2.39. The molecule has 5 rings (SSSR count). The number of aliphatic imine (C=N–C) groups is 1. The molecule has 0 spiro atoms. The van der Waals surface area contributed by atoms with E-state index in [1.165, 1.54) is 23.9 Å². The fourth-order valence-electron chi connectivity index (χ4n) is 3.71. The number of pyridine rings is 1. The number of benzene rings is 1. The molecule has 11 heteroatoms. The van der Waals surface area contributed by atoms with Crippen molar-refractivity contribution in [1.82, 2.24) is 9.88 Å². The highest BCUT2D eigenvalue weighted by molar-refractivity contribution is 8.18. The lowest BCUT2D eigenvalue weighted by Gasteiger charge is -2.27. The zero-order chi connectivity index (χ0) is 22.3. The molecule has 2 saturated heterocycles. The number of hydrogen-bond acceptors (Lipinski definition) is 6. The fraction of sp³-hybridized carbons (Fsp3) is 0.286. The number of hydrogen-bond donors (Lipinski definition) is 1. The quantitative estimate of drug-likeness (QED) is 0.725. The largest absolute Gasteiger partial charge is 0.586 e. The number of fused-ring (bicyclic) bond motifs is 1. The van der Waals surface area contributed by atoms with E-state index in [-0.39, 0.29) is 17.5 Å². The van der Waals surface area contributed by atoms with Crippen molar-refractivity contribution in [1.29, 1.82) is 0 Å². The van der Waals surface area contributed by atoms with E-state index in [0.29, 0.717) is 28.8 Å². The predicted octanol–water partition coefficient (Wildman–Crippen LogP) is 4.48. The molecule has 2 aromatic rings. The molecule has 1 unspecified atom stereocenters. The molecule has 0 radical (unpaired) electrons. The number of alkyl halides is 2. The molecular weight excluding hydrogens is 440 g/mol. The monoisotopic (exact) mass is 459 g/mol. The van der Waals surface area contributed by atoms with E-state index >= 15 is 0 Å². The average Bonchev–Trinajstić information content (AvgIpc) is 3.46. The highest BCUT2D eigenvalue weighted by Crippen LogP contribution is 2.45. The van der Waals surface area contributed by atoms with Crippen LogP contribution in [0.15, 0.2) is 59.2 Å². The van der Waals surface area contributed by atoms with Crippen LogP contribution >= 0.6 is 11.8 Å². The van der Waals surface area contributed by atoms with Gasteiger partial charge in [0, 0.05) is 42.1 Å². The normalized spacial score (nSPS) is 22.6. The molecule has 4 heterocycles. The van der Waals surface area contributed by atoms with Gasteiger partial charge in [0.2, 0.25) is 0 Å². The van der Waals surface area contributed by atoms with E-state index in [2.05, 4.69) is 31.3 Å². The second-order valence-electron chi connectivity index (χ2n) is 7.40. The van der Waals surface area contributed by atoms with E-state index < -0.39 is 12.5 Å². The van der Waals surface area contributed by atoms with Crippen molar-refractivity contribution in [2.24, 2.45) is 4.99 Å². The summed E-state index contributed by atoms with van der Waals surface area (Å²) in [5, 5.41) is 3.70. The minimum Gasteiger partial charge on any atom is -0.395 e. The molecular formula is C21H19F2N5O3S. The molecule has 0 bridgehead atoms. The molecule has 1 atom stereocenters. The molecule has 32 heavy (non-hydrogen) atoms. The van der Waals surface area contributed by atoms with Crippen molar-refractivity contribution in [3.8, 4) is 11.5 Å². The van der Waals surface area contributed by atoms with Crippen molar-refractivity contribution >= 4 is 34.3 Å². The Labute approximate surface area is 186 Å². The van der Waals surface area contributed by atoms with E-state index in [9.17, 15) is 13.6 Å². The Morgan fingerprint density at radius 3 is 2.78 bits per heavy atom. The molecule has 166 valence electrons. The van der Waals surface area contributed by atoms with Crippen LogP contribution in [0.1, 0.15) is 12.8 Å². The molecule has 3 aliphatic heterocycles. The van der Waals surface area contributed by atoms with Crippen LogP contribution < -0.4 is 19.7 Å². The van der Waals surface area contributed by atoms with Gasteiger partial charge in [-0.15, -0.1) is 8.78 Å². The number of halogens is 2. The van der Waals surface area contributed by atoms with Crippen LogP contribution in [0, 0.1) is 0 Å². The van der Waals surface area contributed by atoms with Crippen LogP contribution in [0.3, 0.4) is 0 Å². The van der Waals surface area contributed by atoms with Gasteiger partial charge in [0.1, 0.15) is 6.17 Å². The number of anilines is 2. The summed E-state index contributed by atoms with van der Waals surface area (Å²) in [6.07, 6.45) is 0.973. The number of likely N-dealkylation sites (tertiary alicyclic amines) is 1. The zero-order valence-electron chi connectivity index (χ0n) is 16.8. The first-order chi connectivity index (χ1) is 15.4. The topological polar surface area (TPSA) is 79.3 Å². The van der Waals surface area contributed by atoms with E-state index in [4.69, 9.17) is 0 Å². The van der Waals surface area contributed by atoms with E-state index in [1.54, 1.807) is 34.3 Å². The van der Waals surface area contributed by atoms with Crippen LogP contribution in [-0.4, -0.2) is 46.6 Å². The summed E-state index contributed by atoms with van der Waals surface area (Å²) in [7, 11) is 0. The average molecular weight is 459 g/mol. The van der Waals surface area contributed by atoms with Crippen LogP contribution in [-0.2, 0) is 0 Å². The van der Waals surface area contributed by atoms with Gasteiger partial charge in [-0.25, -0.2) is 4.79 Å². The third kappa shape index (κ3) is 3.95.